The molecule has 4 nitrogen and oxygen atoms in total. The molecule has 0 aliphatic carbocycles. The smallest absolute Gasteiger partial charge is 0.376 e. The van der Waals surface area contributed by atoms with E-state index >= 15 is 0 Å². The predicted molar refractivity (Wildman–Crippen MR) is 88.5 cm³/mol. The molecule has 2 amide bonds. The fourth-order valence-electron chi connectivity index (χ4n) is 1.66. The number of amides is 2. The van der Waals surface area contributed by atoms with Gasteiger partial charge in [-0.2, -0.15) is 13.2 Å². The summed E-state index contributed by atoms with van der Waals surface area (Å²) >= 11 is 11.9. The maximum absolute atomic E-state index is 12.9. The summed E-state index contributed by atoms with van der Waals surface area (Å²) in [4.78, 5) is 11.9. The van der Waals surface area contributed by atoms with Crippen molar-refractivity contribution in [2.24, 2.45) is 5.92 Å². The Morgan fingerprint density at radius 1 is 1.17 bits per heavy atom. The highest BCUT2D eigenvalue weighted by Crippen LogP contribution is 2.42. The summed E-state index contributed by atoms with van der Waals surface area (Å²) in [6, 6.07) is 1.12. The van der Waals surface area contributed by atoms with Crippen LogP contribution in [0.5, 0.6) is 0 Å². The van der Waals surface area contributed by atoms with Crippen molar-refractivity contribution >= 4 is 34.9 Å². The minimum Gasteiger partial charge on any atom is -0.376 e. The van der Waals surface area contributed by atoms with Crippen LogP contribution >= 0.6 is 23.2 Å². The summed E-state index contributed by atoms with van der Waals surface area (Å²) < 4.78 is 38.7. The molecule has 1 aromatic carbocycles. The number of hydrogen-bond acceptors (Lipinski definition) is 2. The zero-order valence-electron chi connectivity index (χ0n) is 13.6. The van der Waals surface area contributed by atoms with Crippen LogP contribution in [0.15, 0.2) is 12.1 Å². The van der Waals surface area contributed by atoms with E-state index < -0.39 is 23.4 Å². The van der Waals surface area contributed by atoms with Gasteiger partial charge in [0.2, 0.25) is 0 Å². The van der Waals surface area contributed by atoms with Gasteiger partial charge in [-0.1, -0.05) is 37.0 Å². The molecule has 3 N–H and O–H groups in total. The number of nitrogens with one attached hydrogen (secondary N) is 2. The molecule has 0 heterocycles. The average Bonchev–Trinajstić information content (AvgIpc) is 2.41. The molecule has 0 bridgehead atoms. The van der Waals surface area contributed by atoms with E-state index in [1.54, 1.807) is 6.92 Å². The zero-order chi connectivity index (χ0) is 18.9. The lowest BCUT2D eigenvalue weighted by Gasteiger charge is -2.27. The van der Waals surface area contributed by atoms with Gasteiger partial charge in [-0.15, -0.1) is 0 Å². The Morgan fingerprint density at radius 2 is 1.62 bits per heavy atom. The first kappa shape index (κ1) is 20.9. The lowest BCUT2D eigenvalue weighted by Crippen LogP contribution is -2.40. The Bertz CT molecular complexity index is 596. The third kappa shape index (κ3) is 4.68. The van der Waals surface area contributed by atoms with Crippen molar-refractivity contribution in [3.05, 3.63) is 27.7 Å². The van der Waals surface area contributed by atoms with E-state index in [2.05, 4.69) is 10.6 Å². The number of urea groups is 1. The summed E-state index contributed by atoms with van der Waals surface area (Å²) in [7, 11) is 0. The number of benzene rings is 1. The van der Waals surface area contributed by atoms with Gasteiger partial charge >= 0.3 is 12.2 Å². The van der Waals surface area contributed by atoms with Crippen LogP contribution in [0.1, 0.15) is 33.3 Å². The fourth-order valence-corrected chi connectivity index (χ4v) is 2.24. The zero-order valence-corrected chi connectivity index (χ0v) is 15.1. The Labute approximate surface area is 148 Å². The van der Waals surface area contributed by atoms with E-state index in [4.69, 9.17) is 23.2 Å². The van der Waals surface area contributed by atoms with Crippen LogP contribution in [0, 0.1) is 5.92 Å². The highest BCUT2D eigenvalue weighted by Gasteiger charge is 2.51. The maximum Gasteiger partial charge on any atom is 0.421 e. The Morgan fingerprint density at radius 3 is 2.00 bits per heavy atom. The predicted octanol–water partition coefficient (Wildman–Crippen LogP) is 4.93. The first-order valence-electron chi connectivity index (χ1n) is 7.13. The number of halogens is 5. The summed E-state index contributed by atoms with van der Waals surface area (Å²) in [5, 5.41) is 14.3. The van der Waals surface area contributed by atoms with Crippen LogP contribution < -0.4 is 10.6 Å². The molecule has 136 valence electrons. The number of carbonyl (C=O) groups excluding carboxylic acids is 1. The summed E-state index contributed by atoms with van der Waals surface area (Å²) in [6.45, 7) is 6.23. The van der Waals surface area contributed by atoms with Crippen LogP contribution in [0.2, 0.25) is 10.0 Å². The number of hydrogen-bond donors (Lipinski definition) is 3. The SMILES string of the molecule is CC(C)C(C)NC(=O)Nc1c(Cl)cc(C(C)(O)C(F)(F)F)cc1Cl. The number of aliphatic hydroxyl groups is 1. The highest BCUT2D eigenvalue weighted by molar-refractivity contribution is 6.39. The molecular formula is C15H19Cl2F3N2O2. The lowest BCUT2D eigenvalue weighted by molar-refractivity contribution is -0.258. The van der Waals surface area contributed by atoms with Gasteiger partial charge in [0.1, 0.15) is 0 Å². The topological polar surface area (TPSA) is 61.4 Å². The molecule has 0 aliphatic heterocycles. The molecule has 2 atom stereocenters. The Balaban J connectivity index is 3.07. The molecule has 2 unspecified atom stereocenters. The van der Waals surface area contributed by atoms with Crippen molar-refractivity contribution in [3.63, 3.8) is 0 Å². The van der Waals surface area contributed by atoms with Crippen LogP contribution in [0.4, 0.5) is 23.7 Å². The minimum absolute atomic E-state index is 0.0338. The van der Waals surface area contributed by atoms with E-state index in [0.29, 0.717) is 6.92 Å². The van der Waals surface area contributed by atoms with Crippen LogP contribution in [-0.4, -0.2) is 23.4 Å². The summed E-state index contributed by atoms with van der Waals surface area (Å²) in [5.74, 6) is 0.186. The molecule has 0 spiro atoms. The van der Waals surface area contributed by atoms with Gasteiger partial charge in [0.15, 0.2) is 5.60 Å². The van der Waals surface area contributed by atoms with Gasteiger partial charge in [-0.3, -0.25) is 0 Å². The van der Waals surface area contributed by atoms with E-state index in [1.165, 1.54) is 0 Å². The van der Waals surface area contributed by atoms with Gasteiger partial charge < -0.3 is 15.7 Å². The number of alkyl halides is 3. The Hall–Kier alpha value is -1.18. The van der Waals surface area contributed by atoms with Crippen LogP contribution in [-0.2, 0) is 5.60 Å². The lowest BCUT2D eigenvalue weighted by atomic mass is 9.95. The third-order valence-electron chi connectivity index (χ3n) is 3.75. The molecule has 0 radical (unpaired) electrons. The standard InChI is InChI=1S/C15H19Cl2F3N2O2/c1-7(2)8(3)21-13(23)22-12-10(16)5-9(6-11(12)17)14(4,24)15(18,19)20/h5-8,24H,1-4H3,(H2,21,22,23). The Kier molecular flexibility index (Phi) is 6.41. The molecule has 0 aliphatic rings. The normalized spacial score (nSPS) is 15.8. The second-order valence-corrected chi connectivity index (χ2v) is 6.83. The fraction of sp³-hybridized carbons (Fsp3) is 0.533. The molecule has 0 saturated carbocycles. The molecule has 9 heteroatoms. The van der Waals surface area contributed by atoms with Gasteiger partial charge in [0.25, 0.3) is 0 Å². The highest BCUT2D eigenvalue weighted by atomic mass is 35.5. The van der Waals surface area contributed by atoms with Crippen LogP contribution in [0.3, 0.4) is 0 Å². The first-order valence-corrected chi connectivity index (χ1v) is 7.89. The number of rotatable bonds is 4. The first-order chi connectivity index (χ1) is 10.8. The van der Waals surface area contributed by atoms with Gasteiger partial charge in [0, 0.05) is 6.04 Å². The van der Waals surface area contributed by atoms with E-state index in [-0.39, 0.29) is 27.7 Å². The molecule has 0 aromatic heterocycles. The number of anilines is 1. The van der Waals surface area contributed by atoms with Crippen molar-refractivity contribution in [1.82, 2.24) is 5.32 Å². The number of carbonyl (C=O) groups is 1. The largest absolute Gasteiger partial charge is 0.421 e. The van der Waals surface area contributed by atoms with Crippen LogP contribution in [0.25, 0.3) is 0 Å². The summed E-state index contributed by atoms with van der Waals surface area (Å²) in [6.07, 6.45) is -4.90. The summed E-state index contributed by atoms with van der Waals surface area (Å²) in [5.41, 5.74) is -3.67. The van der Waals surface area contributed by atoms with E-state index in [0.717, 1.165) is 12.1 Å². The van der Waals surface area contributed by atoms with Gasteiger partial charge in [0.05, 0.1) is 15.7 Å². The van der Waals surface area contributed by atoms with Crippen molar-refractivity contribution in [2.75, 3.05) is 5.32 Å². The van der Waals surface area contributed by atoms with Crippen molar-refractivity contribution < 1.29 is 23.1 Å². The van der Waals surface area contributed by atoms with E-state index in [1.807, 2.05) is 13.8 Å². The van der Waals surface area contributed by atoms with E-state index in [9.17, 15) is 23.1 Å². The quantitative estimate of drug-likeness (QED) is 0.686. The van der Waals surface area contributed by atoms with Crippen molar-refractivity contribution in [1.29, 1.82) is 0 Å². The molecule has 0 fully saturated rings. The van der Waals surface area contributed by atoms with Crippen molar-refractivity contribution in [2.45, 2.75) is 45.5 Å². The second-order valence-electron chi connectivity index (χ2n) is 6.02. The molecule has 1 rings (SSSR count). The average molecular weight is 387 g/mol. The molecular weight excluding hydrogens is 368 g/mol. The van der Waals surface area contributed by atoms with Gasteiger partial charge in [-0.25, -0.2) is 4.79 Å². The maximum atomic E-state index is 12.9. The molecule has 24 heavy (non-hydrogen) atoms. The molecule has 1 aromatic rings. The minimum atomic E-state index is -4.90. The third-order valence-corrected chi connectivity index (χ3v) is 4.35. The molecule has 0 saturated heterocycles. The second kappa shape index (κ2) is 7.37. The van der Waals surface area contributed by atoms with Gasteiger partial charge in [-0.05, 0) is 37.5 Å². The van der Waals surface area contributed by atoms with Crippen molar-refractivity contribution in [3.8, 4) is 0 Å². The monoisotopic (exact) mass is 386 g/mol.